The standard InChI is InChI=1S/C17H15BrN2O/c1-12-7-8-15(10-16(12)18)20-17(21)14(11-19)9-13-5-3-2-4-6-13/h2-8,10,14H,9H2,1H3,(H,20,21). The molecule has 0 radical (unpaired) electrons. The molecule has 0 saturated carbocycles. The second-order valence-electron chi connectivity index (χ2n) is 4.82. The molecule has 1 unspecified atom stereocenters. The lowest BCUT2D eigenvalue weighted by Crippen LogP contribution is -2.23. The van der Waals surface area contributed by atoms with Gasteiger partial charge in [-0.05, 0) is 36.6 Å². The zero-order valence-electron chi connectivity index (χ0n) is 11.6. The van der Waals surface area contributed by atoms with Crippen molar-refractivity contribution >= 4 is 27.5 Å². The van der Waals surface area contributed by atoms with Gasteiger partial charge in [-0.15, -0.1) is 0 Å². The molecule has 0 spiro atoms. The number of rotatable bonds is 4. The molecule has 21 heavy (non-hydrogen) atoms. The number of amides is 1. The van der Waals surface area contributed by atoms with Crippen molar-refractivity contribution in [2.75, 3.05) is 5.32 Å². The van der Waals surface area contributed by atoms with Crippen molar-refractivity contribution in [2.45, 2.75) is 13.3 Å². The molecule has 0 aliphatic carbocycles. The summed E-state index contributed by atoms with van der Waals surface area (Å²) in [5, 5.41) is 12.0. The maximum Gasteiger partial charge on any atom is 0.242 e. The molecule has 2 rings (SSSR count). The normalized spacial score (nSPS) is 11.5. The van der Waals surface area contributed by atoms with Gasteiger partial charge in [0, 0.05) is 10.2 Å². The van der Waals surface area contributed by atoms with Crippen LogP contribution in [-0.2, 0) is 11.2 Å². The third-order valence-electron chi connectivity index (χ3n) is 3.19. The molecular formula is C17H15BrN2O. The third-order valence-corrected chi connectivity index (χ3v) is 4.05. The van der Waals surface area contributed by atoms with Crippen molar-refractivity contribution in [3.63, 3.8) is 0 Å². The molecule has 0 aromatic heterocycles. The quantitative estimate of drug-likeness (QED) is 0.909. The average Bonchev–Trinajstić information content (AvgIpc) is 2.49. The van der Waals surface area contributed by atoms with Gasteiger partial charge in [-0.3, -0.25) is 4.79 Å². The maximum atomic E-state index is 12.2. The molecule has 3 nitrogen and oxygen atoms in total. The molecule has 2 aromatic rings. The van der Waals surface area contributed by atoms with E-state index in [0.29, 0.717) is 12.1 Å². The summed E-state index contributed by atoms with van der Waals surface area (Å²) in [6.07, 6.45) is 0.413. The van der Waals surface area contributed by atoms with Gasteiger partial charge >= 0.3 is 0 Å². The van der Waals surface area contributed by atoms with Gasteiger partial charge < -0.3 is 5.32 Å². The fourth-order valence-electron chi connectivity index (χ4n) is 1.95. The minimum absolute atomic E-state index is 0.280. The topological polar surface area (TPSA) is 52.9 Å². The van der Waals surface area contributed by atoms with Gasteiger partial charge in [-0.1, -0.05) is 52.3 Å². The number of carbonyl (C=O) groups excluding carboxylic acids is 1. The predicted octanol–water partition coefficient (Wildman–Crippen LogP) is 4.08. The number of benzene rings is 2. The van der Waals surface area contributed by atoms with Crippen LogP contribution in [0.15, 0.2) is 53.0 Å². The SMILES string of the molecule is Cc1ccc(NC(=O)C(C#N)Cc2ccccc2)cc1Br. The Labute approximate surface area is 132 Å². The number of carbonyl (C=O) groups is 1. The maximum absolute atomic E-state index is 12.2. The average molecular weight is 343 g/mol. The number of nitrogens with zero attached hydrogens (tertiary/aromatic N) is 1. The van der Waals surface area contributed by atoms with Crippen LogP contribution in [0.1, 0.15) is 11.1 Å². The van der Waals surface area contributed by atoms with Gasteiger partial charge in [0.2, 0.25) is 5.91 Å². The van der Waals surface area contributed by atoms with E-state index in [4.69, 9.17) is 0 Å². The van der Waals surface area contributed by atoms with Crippen LogP contribution in [0.5, 0.6) is 0 Å². The molecule has 0 saturated heterocycles. The highest BCUT2D eigenvalue weighted by Gasteiger charge is 2.18. The smallest absolute Gasteiger partial charge is 0.242 e. The summed E-state index contributed by atoms with van der Waals surface area (Å²) in [6, 6.07) is 17.2. The molecule has 4 heteroatoms. The van der Waals surface area contributed by atoms with Crippen LogP contribution < -0.4 is 5.32 Å². The Morgan fingerprint density at radius 1 is 1.29 bits per heavy atom. The molecule has 0 bridgehead atoms. The van der Waals surface area contributed by atoms with Crippen LogP contribution in [0.2, 0.25) is 0 Å². The zero-order chi connectivity index (χ0) is 15.2. The van der Waals surface area contributed by atoms with Crippen molar-refractivity contribution in [3.05, 3.63) is 64.1 Å². The fourth-order valence-corrected chi connectivity index (χ4v) is 2.33. The van der Waals surface area contributed by atoms with Gasteiger partial charge in [0.25, 0.3) is 0 Å². The van der Waals surface area contributed by atoms with Crippen LogP contribution in [0, 0.1) is 24.2 Å². The Hall–Kier alpha value is -2.12. The first kappa shape index (κ1) is 15.3. The summed E-state index contributed by atoms with van der Waals surface area (Å²) in [5.74, 6) is -0.982. The van der Waals surface area contributed by atoms with Crippen LogP contribution >= 0.6 is 15.9 Å². The molecule has 1 amide bonds. The van der Waals surface area contributed by atoms with E-state index in [1.807, 2.05) is 55.5 Å². The second kappa shape index (κ2) is 7.05. The lowest BCUT2D eigenvalue weighted by Gasteiger charge is -2.11. The number of aryl methyl sites for hydroxylation is 1. The monoisotopic (exact) mass is 342 g/mol. The Bertz CT molecular complexity index is 677. The van der Waals surface area contributed by atoms with E-state index in [-0.39, 0.29) is 5.91 Å². The molecule has 0 aliphatic rings. The first-order valence-corrected chi connectivity index (χ1v) is 7.40. The lowest BCUT2D eigenvalue weighted by atomic mass is 10.00. The highest BCUT2D eigenvalue weighted by Crippen LogP contribution is 2.21. The van der Waals surface area contributed by atoms with Crippen molar-refractivity contribution < 1.29 is 4.79 Å². The van der Waals surface area contributed by atoms with Crippen LogP contribution in [-0.4, -0.2) is 5.91 Å². The molecule has 0 heterocycles. The minimum Gasteiger partial charge on any atom is -0.325 e. The van der Waals surface area contributed by atoms with Gasteiger partial charge in [0.1, 0.15) is 5.92 Å². The van der Waals surface area contributed by atoms with Crippen LogP contribution in [0.4, 0.5) is 5.69 Å². The summed E-state index contributed by atoms with van der Waals surface area (Å²) in [4.78, 5) is 12.2. The summed E-state index contributed by atoms with van der Waals surface area (Å²) in [6.45, 7) is 1.98. The van der Waals surface area contributed by atoms with Gasteiger partial charge in [0.15, 0.2) is 0 Å². The fraction of sp³-hybridized carbons (Fsp3) is 0.176. The van der Waals surface area contributed by atoms with E-state index in [2.05, 4.69) is 27.3 Å². The van der Waals surface area contributed by atoms with E-state index >= 15 is 0 Å². The Morgan fingerprint density at radius 2 is 2.00 bits per heavy atom. The van der Waals surface area contributed by atoms with Gasteiger partial charge in [-0.25, -0.2) is 0 Å². The van der Waals surface area contributed by atoms with Gasteiger partial charge in [-0.2, -0.15) is 5.26 Å². The van der Waals surface area contributed by atoms with E-state index in [0.717, 1.165) is 15.6 Å². The summed E-state index contributed by atoms with van der Waals surface area (Å²) in [7, 11) is 0. The predicted molar refractivity (Wildman–Crippen MR) is 86.8 cm³/mol. The minimum atomic E-state index is -0.701. The molecule has 0 fully saturated rings. The number of nitrogens with one attached hydrogen (secondary N) is 1. The summed E-state index contributed by atoms with van der Waals surface area (Å²) < 4.78 is 0.928. The van der Waals surface area contributed by atoms with Gasteiger partial charge in [0.05, 0.1) is 6.07 Å². The molecule has 2 aromatic carbocycles. The molecular weight excluding hydrogens is 328 g/mol. The molecule has 1 atom stereocenters. The first-order valence-electron chi connectivity index (χ1n) is 6.60. The van der Waals surface area contributed by atoms with Crippen molar-refractivity contribution in [1.82, 2.24) is 0 Å². The van der Waals surface area contributed by atoms with Crippen LogP contribution in [0.3, 0.4) is 0 Å². The Kier molecular flexibility index (Phi) is 5.13. The molecule has 106 valence electrons. The molecule has 0 aliphatic heterocycles. The second-order valence-corrected chi connectivity index (χ2v) is 5.68. The number of halogens is 1. The molecule has 1 N–H and O–H groups in total. The lowest BCUT2D eigenvalue weighted by molar-refractivity contribution is -0.118. The largest absolute Gasteiger partial charge is 0.325 e. The van der Waals surface area contributed by atoms with Crippen molar-refractivity contribution in [1.29, 1.82) is 5.26 Å². The number of hydrogen-bond donors (Lipinski definition) is 1. The van der Waals surface area contributed by atoms with E-state index in [1.165, 1.54) is 0 Å². The highest BCUT2D eigenvalue weighted by molar-refractivity contribution is 9.10. The van der Waals surface area contributed by atoms with E-state index in [9.17, 15) is 10.1 Å². The Balaban J connectivity index is 2.07. The highest BCUT2D eigenvalue weighted by atomic mass is 79.9. The number of hydrogen-bond acceptors (Lipinski definition) is 2. The third kappa shape index (κ3) is 4.17. The summed E-state index contributed by atoms with van der Waals surface area (Å²) >= 11 is 3.43. The van der Waals surface area contributed by atoms with Crippen molar-refractivity contribution in [3.8, 4) is 6.07 Å². The first-order chi connectivity index (χ1) is 10.1. The Morgan fingerprint density at radius 3 is 2.62 bits per heavy atom. The van der Waals surface area contributed by atoms with Crippen LogP contribution in [0.25, 0.3) is 0 Å². The summed E-state index contributed by atoms with van der Waals surface area (Å²) in [5.41, 5.74) is 2.75. The number of nitriles is 1. The zero-order valence-corrected chi connectivity index (χ0v) is 13.2. The van der Waals surface area contributed by atoms with E-state index in [1.54, 1.807) is 0 Å². The number of anilines is 1. The van der Waals surface area contributed by atoms with E-state index < -0.39 is 5.92 Å². The van der Waals surface area contributed by atoms with Crippen molar-refractivity contribution in [2.24, 2.45) is 5.92 Å².